The van der Waals surface area contributed by atoms with Crippen LogP contribution in [0.4, 0.5) is 0 Å². The number of aromatic nitrogens is 5. The van der Waals surface area contributed by atoms with Crippen LogP contribution in [0.15, 0.2) is 309 Å². The van der Waals surface area contributed by atoms with E-state index < -0.39 is 0 Å². The molecule has 0 atom stereocenters. The van der Waals surface area contributed by atoms with Gasteiger partial charge in [-0.15, -0.1) is 0 Å². The van der Waals surface area contributed by atoms with Crippen LogP contribution in [-0.2, 0) is 0 Å². The Morgan fingerprint density at radius 1 is 0.149 bits per heavy atom. The van der Waals surface area contributed by atoms with E-state index in [1.165, 1.54) is 132 Å². The van der Waals surface area contributed by atoms with Gasteiger partial charge in [0.1, 0.15) is 0 Å². The Hall–Kier alpha value is -11.1. The standard InChI is InChI=1S/C42H27N3.C36H24N2.2C2H6/c1-2-12-28(13-3-1)43-41-24-22-29(44-37-18-8-4-14-31(37)32-15-5-9-19-38(32)44)26-35(41)36-27-30(23-25-42(36)43)45-39-20-10-6-16-33(39)34-17-7-11-21-40(34)45;1-5-19-33-29(15-1)30-16-2-6-20-34(30)37(33)27-13-9-11-25(23-27)26-12-10-14-28(24-26)38-35-21-7-3-17-31(35)32-18-4-8-22-36(32)38;2*1-2/h1-27H;1-24H;2*1-2H3. The van der Waals surface area contributed by atoms with Gasteiger partial charge in [0.2, 0.25) is 0 Å². The second kappa shape index (κ2) is 22.1. The molecular weight excluding hydrogens is 1050 g/mol. The van der Waals surface area contributed by atoms with Crippen LogP contribution < -0.4 is 0 Å². The highest BCUT2D eigenvalue weighted by molar-refractivity contribution is 6.15. The molecule has 0 amide bonds. The molecule has 5 aromatic heterocycles. The predicted molar refractivity (Wildman–Crippen MR) is 373 cm³/mol. The third-order valence-corrected chi connectivity index (χ3v) is 17.1. The molecule has 5 heteroatoms. The highest BCUT2D eigenvalue weighted by atomic mass is 15.0. The van der Waals surface area contributed by atoms with Crippen molar-refractivity contribution in [3.63, 3.8) is 0 Å². The molecule has 0 fully saturated rings. The zero-order valence-corrected chi connectivity index (χ0v) is 49.2. The second-order valence-corrected chi connectivity index (χ2v) is 21.7. The van der Waals surface area contributed by atoms with Gasteiger partial charge in [-0.1, -0.05) is 216 Å². The van der Waals surface area contributed by atoms with Gasteiger partial charge in [-0.05, 0) is 132 Å². The Kier molecular flexibility index (Phi) is 13.4. The highest BCUT2D eigenvalue weighted by Gasteiger charge is 2.20. The first-order valence-corrected chi connectivity index (χ1v) is 30.5. The molecule has 0 aliphatic carbocycles. The number of rotatable bonds is 6. The largest absolute Gasteiger partial charge is 0.309 e. The summed E-state index contributed by atoms with van der Waals surface area (Å²) in [5.74, 6) is 0. The summed E-state index contributed by atoms with van der Waals surface area (Å²) in [5, 5.41) is 12.7. The van der Waals surface area contributed by atoms with Gasteiger partial charge < -0.3 is 22.8 Å². The molecule has 5 nitrogen and oxygen atoms in total. The first-order valence-electron chi connectivity index (χ1n) is 30.5. The molecule has 0 unspecified atom stereocenters. The van der Waals surface area contributed by atoms with E-state index >= 15 is 0 Å². The van der Waals surface area contributed by atoms with Crippen LogP contribution in [0.25, 0.3) is 149 Å². The molecule has 0 saturated heterocycles. The molecule has 416 valence electrons. The fraction of sp³-hybridized carbons (Fsp3) is 0.0488. The van der Waals surface area contributed by atoms with Crippen molar-refractivity contribution >= 4 is 109 Å². The lowest BCUT2D eigenvalue weighted by Gasteiger charge is -2.12. The number of para-hydroxylation sites is 9. The fourth-order valence-electron chi connectivity index (χ4n) is 13.6. The van der Waals surface area contributed by atoms with Crippen molar-refractivity contribution in [3.8, 4) is 39.6 Å². The van der Waals surface area contributed by atoms with E-state index in [-0.39, 0.29) is 0 Å². The van der Waals surface area contributed by atoms with E-state index in [1.54, 1.807) is 0 Å². The fourth-order valence-corrected chi connectivity index (χ4v) is 13.6. The lowest BCUT2D eigenvalue weighted by Crippen LogP contribution is -1.96. The molecule has 0 radical (unpaired) electrons. The van der Waals surface area contributed by atoms with Crippen molar-refractivity contribution in [1.29, 1.82) is 0 Å². The maximum atomic E-state index is 2.41. The summed E-state index contributed by atoms with van der Waals surface area (Å²) in [7, 11) is 0. The van der Waals surface area contributed by atoms with E-state index in [4.69, 9.17) is 0 Å². The molecule has 13 aromatic carbocycles. The van der Waals surface area contributed by atoms with Crippen LogP contribution in [0, 0.1) is 0 Å². The molecule has 0 aliphatic rings. The lowest BCUT2D eigenvalue weighted by atomic mass is 10.0. The normalized spacial score (nSPS) is 11.4. The van der Waals surface area contributed by atoms with Gasteiger partial charge >= 0.3 is 0 Å². The molecule has 0 bridgehead atoms. The maximum Gasteiger partial charge on any atom is 0.0542 e. The number of nitrogens with zero attached hydrogens (tertiary/aromatic N) is 5. The lowest BCUT2D eigenvalue weighted by molar-refractivity contribution is 1.16. The molecule has 5 heterocycles. The third-order valence-electron chi connectivity index (χ3n) is 17.1. The summed E-state index contributed by atoms with van der Waals surface area (Å²) in [6, 6.07) is 112. The minimum Gasteiger partial charge on any atom is -0.309 e. The van der Waals surface area contributed by atoms with Crippen molar-refractivity contribution in [2.45, 2.75) is 27.7 Å². The van der Waals surface area contributed by atoms with Crippen molar-refractivity contribution < 1.29 is 0 Å². The summed E-state index contributed by atoms with van der Waals surface area (Å²) >= 11 is 0. The third kappa shape index (κ3) is 8.61. The first kappa shape index (κ1) is 52.6. The van der Waals surface area contributed by atoms with Crippen molar-refractivity contribution in [1.82, 2.24) is 22.8 Å². The average molecular weight is 1120 g/mol. The molecule has 18 rings (SSSR count). The highest BCUT2D eigenvalue weighted by Crippen LogP contribution is 2.41. The van der Waals surface area contributed by atoms with Gasteiger partial charge in [0.05, 0.1) is 55.2 Å². The Labute approximate surface area is 505 Å². The van der Waals surface area contributed by atoms with Crippen LogP contribution in [0.2, 0.25) is 0 Å². The SMILES string of the molecule is CC.CC.c1cc(-c2cccc(-n3c4ccccc4c4ccccc43)c2)cc(-n2c3ccccc3c3ccccc32)c1.c1ccc(-n2c3ccc(-n4c5ccccc5c5ccccc54)cc3c3cc(-n4c5ccccc5c5ccccc54)ccc32)cc1. The number of hydrogen-bond acceptors (Lipinski definition) is 0. The topological polar surface area (TPSA) is 24.6 Å². The monoisotopic (exact) mass is 1120 g/mol. The molecular formula is C82H63N5. The summed E-state index contributed by atoms with van der Waals surface area (Å²) < 4.78 is 12.0. The summed E-state index contributed by atoms with van der Waals surface area (Å²) in [4.78, 5) is 0. The Balaban J connectivity index is 0.000000141. The first-order chi connectivity index (χ1) is 43.2. The minimum atomic E-state index is 1.16. The maximum absolute atomic E-state index is 2.41. The Morgan fingerprint density at radius 2 is 0.356 bits per heavy atom. The Bertz CT molecular complexity index is 5050. The van der Waals surface area contributed by atoms with Crippen LogP contribution in [0.3, 0.4) is 0 Å². The van der Waals surface area contributed by atoms with E-state index in [9.17, 15) is 0 Å². The molecule has 0 saturated carbocycles. The van der Waals surface area contributed by atoms with E-state index in [0.29, 0.717) is 0 Å². The van der Waals surface area contributed by atoms with Crippen LogP contribution >= 0.6 is 0 Å². The van der Waals surface area contributed by atoms with Crippen molar-refractivity contribution in [3.05, 3.63) is 309 Å². The zero-order chi connectivity index (χ0) is 58.5. The zero-order valence-electron chi connectivity index (χ0n) is 49.2. The predicted octanol–water partition coefficient (Wildman–Crippen LogP) is 22.6. The number of fused-ring (bicyclic) bond motifs is 15. The summed E-state index contributed by atoms with van der Waals surface area (Å²) in [5.41, 5.74) is 20.4. The Morgan fingerprint density at radius 3 is 0.632 bits per heavy atom. The summed E-state index contributed by atoms with van der Waals surface area (Å²) in [6.45, 7) is 8.00. The second-order valence-electron chi connectivity index (χ2n) is 21.7. The van der Waals surface area contributed by atoms with Gasteiger partial charge in [0, 0.05) is 82.3 Å². The van der Waals surface area contributed by atoms with Crippen LogP contribution in [-0.4, -0.2) is 22.8 Å². The molecule has 0 spiro atoms. The molecule has 0 aliphatic heterocycles. The van der Waals surface area contributed by atoms with Gasteiger partial charge in [-0.25, -0.2) is 0 Å². The smallest absolute Gasteiger partial charge is 0.0542 e. The van der Waals surface area contributed by atoms with E-state index in [0.717, 1.165) is 17.1 Å². The molecule has 0 N–H and O–H groups in total. The van der Waals surface area contributed by atoms with Crippen molar-refractivity contribution in [2.75, 3.05) is 0 Å². The number of benzene rings is 13. The summed E-state index contributed by atoms with van der Waals surface area (Å²) in [6.07, 6.45) is 0. The van der Waals surface area contributed by atoms with E-state index in [2.05, 4.69) is 332 Å². The van der Waals surface area contributed by atoms with Crippen molar-refractivity contribution in [2.24, 2.45) is 0 Å². The van der Waals surface area contributed by atoms with Gasteiger partial charge in [0.15, 0.2) is 0 Å². The number of hydrogen-bond donors (Lipinski definition) is 0. The van der Waals surface area contributed by atoms with Gasteiger partial charge in [-0.3, -0.25) is 0 Å². The average Bonchev–Trinajstić information content (AvgIpc) is 1.83. The quantitative estimate of drug-likeness (QED) is 0.159. The molecule has 18 aromatic rings. The minimum absolute atomic E-state index is 1.16. The molecule has 87 heavy (non-hydrogen) atoms. The van der Waals surface area contributed by atoms with Gasteiger partial charge in [-0.2, -0.15) is 0 Å². The van der Waals surface area contributed by atoms with Crippen LogP contribution in [0.1, 0.15) is 27.7 Å². The van der Waals surface area contributed by atoms with Crippen LogP contribution in [0.5, 0.6) is 0 Å². The van der Waals surface area contributed by atoms with E-state index in [1.807, 2.05) is 27.7 Å². The van der Waals surface area contributed by atoms with Gasteiger partial charge in [0.25, 0.3) is 0 Å².